The minimum atomic E-state index is -0.817. The molecule has 3 nitrogen and oxygen atoms in total. The maximum absolute atomic E-state index is 10.9. The smallest absolute Gasteiger partial charge is 0.134 e. The quantitative estimate of drug-likeness (QED) is 0.628. The summed E-state index contributed by atoms with van der Waals surface area (Å²) < 4.78 is 5.98. The van der Waals surface area contributed by atoms with Gasteiger partial charge in [0.05, 0.1) is 12.3 Å². The van der Waals surface area contributed by atoms with Gasteiger partial charge in [0, 0.05) is 11.0 Å². The number of nitrogens with zero attached hydrogens (tertiary/aromatic N) is 1. The van der Waals surface area contributed by atoms with E-state index in [1.807, 2.05) is 78.9 Å². The molecule has 3 heteroatoms. The molecule has 1 N–H and O–H groups in total. The number of rotatable bonds is 5. The van der Waals surface area contributed by atoms with E-state index in [1.165, 1.54) is 0 Å². The van der Waals surface area contributed by atoms with Crippen molar-refractivity contribution in [2.45, 2.75) is 19.1 Å². The maximum Gasteiger partial charge on any atom is 0.134 e. The number of para-hydroxylation sites is 1. The van der Waals surface area contributed by atoms with Crippen LogP contribution in [0, 0.1) is 0 Å². The third-order valence-corrected chi connectivity index (χ3v) is 4.63. The molecular weight excluding hydrogens is 334 g/mol. The Labute approximate surface area is 158 Å². The van der Waals surface area contributed by atoms with E-state index in [1.54, 1.807) is 0 Å². The first-order chi connectivity index (χ1) is 13.2. The molecule has 1 atom stereocenters. The zero-order chi connectivity index (χ0) is 18.6. The van der Waals surface area contributed by atoms with E-state index < -0.39 is 6.10 Å². The second-order valence-corrected chi connectivity index (χ2v) is 6.59. The predicted molar refractivity (Wildman–Crippen MR) is 111 cm³/mol. The van der Waals surface area contributed by atoms with Crippen LogP contribution in [0.3, 0.4) is 0 Å². The van der Waals surface area contributed by atoms with Gasteiger partial charge in [-0.1, -0.05) is 54.6 Å². The molecule has 1 heterocycles. The lowest BCUT2D eigenvalue weighted by molar-refractivity contribution is 0.294. The maximum atomic E-state index is 10.9. The van der Waals surface area contributed by atoms with Crippen molar-refractivity contribution in [1.82, 2.24) is 0 Å². The van der Waals surface area contributed by atoms with Gasteiger partial charge in [0.15, 0.2) is 0 Å². The summed E-state index contributed by atoms with van der Waals surface area (Å²) in [5.74, 6) is 0.672. The van der Waals surface area contributed by atoms with E-state index in [2.05, 4.69) is 11.6 Å². The summed E-state index contributed by atoms with van der Waals surface area (Å²) in [5, 5.41) is 12.0. The topological polar surface area (TPSA) is 45.7 Å². The Balaban J connectivity index is 1.70. The van der Waals surface area contributed by atoms with Crippen LogP contribution in [0.25, 0.3) is 16.5 Å². The Bertz CT molecular complexity index is 1020. The number of aliphatic hydroxyl groups excluding tert-OH is 1. The highest BCUT2D eigenvalue weighted by Crippen LogP contribution is 2.31. The summed E-state index contributed by atoms with van der Waals surface area (Å²) in [5.41, 5.74) is 4.35. The lowest BCUT2D eigenvalue weighted by atomic mass is 9.91. The van der Waals surface area contributed by atoms with Gasteiger partial charge in [-0.15, -0.1) is 6.58 Å². The summed E-state index contributed by atoms with van der Waals surface area (Å²) in [6.45, 7) is 4.36. The first kappa shape index (κ1) is 17.3. The fourth-order valence-corrected chi connectivity index (χ4v) is 3.26. The molecule has 3 aromatic rings. The van der Waals surface area contributed by atoms with E-state index in [9.17, 15) is 5.11 Å². The van der Waals surface area contributed by atoms with Gasteiger partial charge in [-0.05, 0) is 41.8 Å². The molecule has 4 rings (SSSR count). The largest absolute Gasteiger partial charge is 0.456 e. The number of allylic oxidation sites excluding steroid dienone is 3. The molecular formula is C24H21NO2. The Morgan fingerprint density at radius 2 is 1.81 bits per heavy atom. The van der Waals surface area contributed by atoms with Crippen molar-refractivity contribution in [2.75, 3.05) is 0 Å². The Morgan fingerprint density at radius 1 is 1.04 bits per heavy atom. The molecule has 0 fully saturated rings. The fourth-order valence-electron chi connectivity index (χ4n) is 3.26. The number of furan rings is 1. The van der Waals surface area contributed by atoms with Crippen molar-refractivity contribution in [1.29, 1.82) is 0 Å². The molecule has 134 valence electrons. The van der Waals surface area contributed by atoms with Crippen molar-refractivity contribution in [3.63, 3.8) is 0 Å². The number of benzene rings is 2. The summed E-state index contributed by atoms with van der Waals surface area (Å²) >= 11 is 0. The highest BCUT2D eigenvalue weighted by molar-refractivity contribution is 6.09. The Hall–Kier alpha value is -3.17. The normalized spacial score (nSPS) is 18.4. The van der Waals surface area contributed by atoms with E-state index >= 15 is 0 Å². The molecule has 0 saturated heterocycles. The predicted octanol–water partition coefficient (Wildman–Crippen LogP) is 5.33. The van der Waals surface area contributed by atoms with Crippen LogP contribution in [0.2, 0.25) is 0 Å². The number of hydrogen-bond donors (Lipinski definition) is 1. The SMILES string of the molecule is C=CCC1=C/C(=N\Cc2ccccc2)C(O)C(c2cc3ccccc3o2)=C1. The average molecular weight is 355 g/mol. The van der Waals surface area contributed by atoms with Crippen LogP contribution in [0.5, 0.6) is 0 Å². The van der Waals surface area contributed by atoms with Gasteiger partial charge >= 0.3 is 0 Å². The standard InChI is InChI=1S/C24H21NO2/c1-2-8-18-13-20(23-15-19-11-6-7-12-22(19)27-23)24(26)21(14-18)25-16-17-9-4-3-5-10-17/h2-7,9-15,24,26H,1,8,16H2/b25-21+. The lowest BCUT2D eigenvalue weighted by Gasteiger charge is -2.20. The molecule has 1 aromatic heterocycles. The van der Waals surface area contributed by atoms with Crippen LogP contribution in [0.1, 0.15) is 17.7 Å². The van der Waals surface area contributed by atoms with E-state index in [4.69, 9.17) is 4.42 Å². The summed E-state index contributed by atoms with van der Waals surface area (Å²) in [7, 11) is 0. The van der Waals surface area contributed by atoms with Gasteiger partial charge in [-0.3, -0.25) is 4.99 Å². The van der Waals surface area contributed by atoms with Crippen molar-refractivity contribution in [3.05, 3.63) is 102 Å². The second kappa shape index (κ2) is 7.60. The van der Waals surface area contributed by atoms with Crippen LogP contribution in [0.15, 0.2) is 100 Å². The first-order valence-electron chi connectivity index (χ1n) is 9.03. The minimum Gasteiger partial charge on any atom is -0.456 e. The summed E-state index contributed by atoms with van der Waals surface area (Å²) in [6.07, 6.45) is 5.67. The third-order valence-electron chi connectivity index (χ3n) is 4.63. The third kappa shape index (κ3) is 3.69. The Morgan fingerprint density at radius 3 is 2.59 bits per heavy atom. The zero-order valence-corrected chi connectivity index (χ0v) is 15.0. The molecule has 1 unspecified atom stereocenters. The average Bonchev–Trinajstić information content (AvgIpc) is 3.13. The first-order valence-corrected chi connectivity index (χ1v) is 9.03. The van der Waals surface area contributed by atoms with Crippen molar-refractivity contribution >= 4 is 22.3 Å². The number of fused-ring (bicyclic) bond motifs is 1. The minimum absolute atomic E-state index is 0.526. The number of hydrogen-bond acceptors (Lipinski definition) is 3. The van der Waals surface area contributed by atoms with Gasteiger partial charge in [0.25, 0.3) is 0 Å². The van der Waals surface area contributed by atoms with Crippen LogP contribution in [0.4, 0.5) is 0 Å². The molecule has 27 heavy (non-hydrogen) atoms. The van der Waals surface area contributed by atoms with Gasteiger partial charge in [0.2, 0.25) is 0 Å². The van der Waals surface area contributed by atoms with Crippen molar-refractivity contribution < 1.29 is 9.52 Å². The zero-order valence-electron chi connectivity index (χ0n) is 15.0. The van der Waals surface area contributed by atoms with E-state index in [0.29, 0.717) is 24.4 Å². The molecule has 2 aromatic carbocycles. The van der Waals surface area contributed by atoms with Gasteiger partial charge in [-0.25, -0.2) is 0 Å². The highest BCUT2D eigenvalue weighted by atomic mass is 16.3. The molecule has 0 saturated carbocycles. The van der Waals surface area contributed by atoms with Crippen molar-refractivity contribution in [3.8, 4) is 0 Å². The molecule has 0 aliphatic heterocycles. The van der Waals surface area contributed by atoms with E-state index in [0.717, 1.165) is 27.7 Å². The highest BCUT2D eigenvalue weighted by Gasteiger charge is 2.25. The van der Waals surface area contributed by atoms with Crippen LogP contribution < -0.4 is 0 Å². The van der Waals surface area contributed by atoms with Crippen molar-refractivity contribution in [2.24, 2.45) is 4.99 Å². The molecule has 0 amide bonds. The Kier molecular flexibility index (Phi) is 4.86. The van der Waals surface area contributed by atoms with Crippen LogP contribution in [-0.4, -0.2) is 16.9 Å². The summed E-state index contributed by atoms with van der Waals surface area (Å²) in [4.78, 5) is 4.67. The molecule has 0 bridgehead atoms. The van der Waals surface area contributed by atoms with Gasteiger partial charge in [-0.2, -0.15) is 0 Å². The number of aliphatic hydroxyl groups is 1. The van der Waals surface area contributed by atoms with Crippen LogP contribution in [-0.2, 0) is 6.54 Å². The summed E-state index contributed by atoms with van der Waals surface area (Å²) in [6, 6.07) is 19.8. The molecule has 0 spiro atoms. The molecule has 1 aliphatic carbocycles. The fraction of sp³-hybridized carbons (Fsp3) is 0.125. The molecule has 0 radical (unpaired) electrons. The second-order valence-electron chi connectivity index (χ2n) is 6.59. The monoisotopic (exact) mass is 355 g/mol. The lowest BCUT2D eigenvalue weighted by Crippen LogP contribution is -2.24. The van der Waals surface area contributed by atoms with Crippen LogP contribution >= 0.6 is 0 Å². The van der Waals surface area contributed by atoms with E-state index in [-0.39, 0.29) is 0 Å². The number of aliphatic imine (C=N–C) groups is 1. The van der Waals surface area contributed by atoms with Gasteiger partial charge in [0.1, 0.15) is 17.4 Å². The van der Waals surface area contributed by atoms with Gasteiger partial charge < -0.3 is 9.52 Å². The molecule has 1 aliphatic rings.